The molecule has 0 amide bonds. The minimum absolute atomic E-state index is 0.931. The summed E-state index contributed by atoms with van der Waals surface area (Å²) in [5.41, 5.74) is 3.04. The van der Waals surface area contributed by atoms with Crippen molar-refractivity contribution in [2.45, 2.75) is 27.7 Å². The Morgan fingerprint density at radius 2 is 2.00 bits per heavy atom. The van der Waals surface area contributed by atoms with E-state index in [0.717, 1.165) is 22.2 Å². The Bertz CT molecular complexity index is 541. The largest absolute Gasteiger partial charge is 0.348 e. The zero-order valence-corrected chi connectivity index (χ0v) is 10.5. The summed E-state index contributed by atoms with van der Waals surface area (Å²) in [6.45, 7) is 7.79. The van der Waals surface area contributed by atoms with Gasteiger partial charge in [0.1, 0.15) is 0 Å². The molecule has 84 valence electrons. The summed E-state index contributed by atoms with van der Waals surface area (Å²) in [5, 5.41) is 9.07. The third-order valence-corrected chi connectivity index (χ3v) is 2.24. The van der Waals surface area contributed by atoms with Crippen molar-refractivity contribution < 1.29 is 0 Å². The SMILES string of the molecule is CC.CC#Cc1cn(C)c2cnnc(C)c12. The highest BCUT2D eigenvalue weighted by atomic mass is 15.1. The minimum atomic E-state index is 0.931. The highest BCUT2D eigenvalue weighted by Crippen LogP contribution is 2.20. The molecule has 0 fully saturated rings. The number of nitrogens with zero attached hydrogens (tertiary/aromatic N) is 3. The number of rotatable bonds is 0. The summed E-state index contributed by atoms with van der Waals surface area (Å²) >= 11 is 0. The van der Waals surface area contributed by atoms with Crippen molar-refractivity contribution in [2.24, 2.45) is 7.05 Å². The molecule has 0 unspecified atom stereocenters. The van der Waals surface area contributed by atoms with Crippen molar-refractivity contribution in [3.8, 4) is 11.8 Å². The molecule has 0 bridgehead atoms. The van der Waals surface area contributed by atoms with E-state index in [0.29, 0.717) is 0 Å². The van der Waals surface area contributed by atoms with E-state index in [9.17, 15) is 0 Å². The number of hydrogen-bond donors (Lipinski definition) is 0. The van der Waals surface area contributed by atoms with Gasteiger partial charge in [-0.25, -0.2) is 0 Å². The Kier molecular flexibility index (Phi) is 4.07. The van der Waals surface area contributed by atoms with Crippen LogP contribution in [0.3, 0.4) is 0 Å². The monoisotopic (exact) mass is 215 g/mol. The van der Waals surface area contributed by atoms with Crippen molar-refractivity contribution in [3.05, 3.63) is 23.7 Å². The van der Waals surface area contributed by atoms with Gasteiger partial charge in [-0.05, 0) is 13.8 Å². The van der Waals surface area contributed by atoms with Crippen LogP contribution in [0.4, 0.5) is 0 Å². The lowest BCUT2D eigenvalue weighted by Crippen LogP contribution is -1.89. The lowest BCUT2D eigenvalue weighted by molar-refractivity contribution is 0.942. The number of aryl methyl sites for hydroxylation is 2. The number of fused-ring (bicyclic) bond motifs is 1. The zero-order valence-electron chi connectivity index (χ0n) is 10.5. The van der Waals surface area contributed by atoms with Gasteiger partial charge in [0.15, 0.2) is 0 Å². The third kappa shape index (κ3) is 2.06. The Labute approximate surface area is 96.5 Å². The maximum absolute atomic E-state index is 4.03. The van der Waals surface area contributed by atoms with Gasteiger partial charge < -0.3 is 4.57 Å². The molecule has 0 atom stereocenters. The average molecular weight is 215 g/mol. The second-order valence-corrected chi connectivity index (χ2v) is 3.22. The summed E-state index contributed by atoms with van der Waals surface area (Å²) in [4.78, 5) is 0. The molecule has 2 aromatic rings. The molecule has 0 aromatic carbocycles. The highest BCUT2D eigenvalue weighted by Gasteiger charge is 2.07. The summed E-state index contributed by atoms with van der Waals surface area (Å²) in [5.74, 6) is 5.98. The first-order valence-electron chi connectivity index (χ1n) is 5.44. The second kappa shape index (κ2) is 5.32. The van der Waals surface area contributed by atoms with Crippen LogP contribution >= 0.6 is 0 Å². The Hall–Kier alpha value is -1.82. The fourth-order valence-corrected chi connectivity index (χ4v) is 1.63. The van der Waals surface area contributed by atoms with Gasteiger partial charge in [-0.15, -0.1) is 5.92 Å². The van der Waals surface area contributed by atoms with E-state index < -0.39 is 0 Å². The van der Waals surface area contributed by atoms with Crippen LogP contribution in [0.1, 0.15) is 32.0 Å². The van der Waals surface area contributed by atoms with Crippen molar-refractivity contribution in [1.82, 2.24) is 14.8 Å². The predicted molar refractivity (Wildman–Crippen MR) is 67.1 cm³/mol. The van der Waals surface area contributed by atoms with Crippen LogP contribution in [0, 0.1) is 18.8 Å². The van der Waals surface area contributed by atoms with E-state index in [1.807, 2.05) is 45.5 Å². The molecule has 2 heterocycles. The van der Waals surface area contributed by atoms with Crippen LogP contribution in [-0.2, 0) is 7.05 Å². The van der Waals surface area contributed by atoms with Crippen molar-refractivity contribution in [2.75, 3.05) is 0 Å². The maximum atomic E-state index is 4.03. The standard InChI is InChI=1S/C11H11N3.C2H6/c1-4-5-9-7-14(3)10-6-12-13-8(2)11(9)10;1-2/h6-7H,1-3H3;1-2H3. The predicted octanol–water partition coefficient (Wildman–Crippen LogP) is 2.67. The number of aromatic nitrogens is 3. The molecule has 16 heavy (non-hydrogen) atoms. The summed E-state index contributed by atoms with van der Waals surface area (Å²) in [6.07, 6.45) is 3.78. The van der Waals surface area contributed by atoms with Gasteiger partial charge in [0.05, 0.1) is 23.0 Å². The fourth-order valence-electron chi connectivity index (χ4n) is 1.63. The van der Waals surface area contributed by atoms with E-state index in [1.54, 1.807) is 6.20 Å². The van der Waals surface area contributed by atoms with Crippen molar-refractivity contribution in [3.63, 3.8) is 0 Å². The molecule has 0 radical (unpaired) electrons. The topological polar surface area (TPSA) is 30.7 Å². The first-order valence-corrected chi connectivity index (χ1v) is 5.44. The van der Waals surface area contributed by atoms with Gasteiger partial charge in [-0.1, -0.05) is 19.8 Å². The van der Waals surface area contributed by atoms with Crippen molar-refractivity contribution >= 4 is 10.9 Å². The lowest BCUT2D eigenvalue weighted by Gasteiger charge is -1.95. The second-order valence-electron chi connectivity index (χ2n) is 3.22. The van der Waals surface area contributed by atoms with Crippen LogP contribution < -0.4 is 0 Å². The van der Waals surface area contributed by atoms with Crippen LogP contribution in [0.2, 0.25) is 0 Å². The molecular weight excluding hydrogens is 198 g/mol. The first kappa shape index (κ1) is 12.3. The Morgan fingerprint density at radius 1 is 1.31 bits per heavy atom. The van der Waals surface area contributed by atoms with E-state index in [1.165, 1.54) is 0 Å². The van der Waals surface area contributed by atoms with E-state index in [4.69, 9.17) is 0 Å². The number of hydrogen-bond acceptors (Lipinski definition) is 2. The van der Waals surface area contributed by atoms with Gasteiger partial charge in [-0.2, -0.15) is 10.2 Å². The molecule has 0 N–H and O–H groups in total. The van der Waals surface area contributed by atoms with Gasteiger partial charge in [0, 0.05) is 18.6 Å². The molecule has 0 aliphatic carbocycles. The summed E-state index contributed by atoms with van der Waals surface area (Å²) in [7, 11) is 1.99. The van der Waals surface area contributed by atoms with E-state index >= 15 is 0 Å². The molecule has 0 spiro atoms. The minimum Gasteiger partial charge on any atom is -0.348 e. The van der Waals surface area contributed by atoms with Crippen LogP contribution in [-0.4, -0.2) is 14.8 Å². The van der Waals surface area contributed by atoms with Gasteiger partial charge in [0.25, 0.3) is 0 Å². The van der Waals surface area contributed by atoms with Crippen molar-refractivity contribution in [1.29, 1.82) is 0 Å². The fraction of sp³-hybridized carbons (Fsp3) is 0.385. The molecule has 2 aromatic heterocycles. The van der Waals surface area contributed by atoms with Crippen LogP contribution in [0.15, 0.2) is 12.4 Å². The third-order valence-electron chi connectivity index (χ3n) is 2.24. The summed E-state index contributed by atoms with van der Waals surface area (Å²) < 4.78 is 2.02. The molecule has 3 nitrogen and oxygen atoms in total. The molecule has 2 rings (SSSR count). The Balaban J connectivity index is 0.000000606. The first-order chi connectivity index (χ1) is 7.74. The smallest absolute Gasteiger partial charge is 0.0740 e. The Morgan fingerprint density at radius 3 is 2.62 bits per heavy atom. The molecule has 0 aliphatic rings. The van der Waals surface area contributed by atoms with E-state index in [2.05, 4.69) is 22.0 Å². The molecular formula is C13H17N3. The summed E-state index contributed by atoms with van der Waals surface area (Å²) in [6, 6.07) is 0. The van der Waals surface area contributed by atoms with Gasteiger partial charge in [-0.3, -0.25) is 0 Å². The normalized spacial score (nSPS) is 9.06. The molecule has 0 aliphatic heterocycles. The quantitative estimate of drug-likeness (QED) is 0.632. The highest BCUT2D eigenvalue weighted by molar-refractivity contribution is 5.87. The molecule has 0 saturated carbocycles. The maximum Gasteiger partial charge on any atom is 0.0740 e. The average Bonchev–Trinajstić information content (AvgIpc) is 2.61. The van der Waals surface area contributed by atoms with E-state index in [-0.39, 0.29) is 0 Å². The van der Waals surface area contributed by atoms with Crippen LogP contribution in [0.25, 0.3) is 10.9 Å². The lowest BCUT2D eigenvalue weighted by atomic mass is 10.2. The molecule has 0 saturated heterocycles. The van der Waals surface area contributed by atoms with Gasteiger partial charge in [0.2, 0.25) is 0 Å². The molecule has 3 heteroatoms. The van der Waals surface area contributed by atoms with Gasteiger partial charge >= 0.3 is 0 Å². The van der Waals surface area contributed by atoms with Crippen LogP contribution in [0.5, 0.6) is 0 Å². The zero-order chi connectivity index (χ0) is 12.1.